The van der Waals surface area contributed by atoms with Crippen LogP contribution in [-0.4, -0.2) is 24.0 Å². The van der Waals surface area contributed by atoms with Crippen molar-refractivity contribution >= 4 is 10.9 Å². The maximum atomic E-state index is 15.2. The number of halogens is 1. The number of rotatable bonds is 5. The van der Waals surface area contributed by atoms with Crippen LogP contribution in [0.15, 0.2) is 52.2 Å². The van der Waals surface area contributed by atoms with Gasteiger partial charge in [0.2, 0.25) is 0 Å². The van der Waals surface area contributed by atoms with E-state index >= 15 is 4.39 Å². The minimum atomic E-state index is -0.737. The maximum Gasteiger partial charge on any atom is 0.350 e. The van der Waals surface area contributed by atoms with Crippen LogP contribution in [-0.2, 0) is 13.2 Å². The topological polar surface area (TPSA) is 82.0 Å². The minimum absolute atomic E-state index is 0.0305. The Morgan fingerprint density at radius 3 is 2.44 bits per heavy atom. The van der Waals surface area contributed by atoms with Crippen LogP contribution in [0.25, 0.3) is 27.7 Å². The van der Waals surface area contributed by atoms with Crippen molar-refractivity contribution in [3.63, 3.8) is 0 Å². The first-order chi connectivity index (χ1) is 15.3. The van der Waals surface area contributed by atoms with E-state index in [0.29, 0.717) is 17.6 Å². The van der Waals surface area contributed by atoms with Gasteiger partial charge in [-0.05, 0) is 51.0 Å². The van der Waals surface area contributed by atoms with Crippen LogP contribution in [0.3, 0.4) is 0 Å². The molecular formula is C24H25FN4O3. The van der Waals surface area contributed by atoms with Crippen LogP contribution in [0.2, 0.25) is 0 Å². The van der Waals surface area contributed by atoms with Gasteiger partial charge in [-0.25, -0.2) is 9.18 Å². The van der Waals surface area contributed by atoms with Crippen molar-refractivity contribution < 1.29 is 9.50 Å². The summed E-state index contributed by atoms with van der Waals surface area (Å²) in [5.41, 5.74) is 1.84. The number of hydrogen-bond donors (Lipinski definition) is 1. The van der Waals surface area contributed by atoms with Crippen molar-refractivity contribution in [2.45, 2.75) is 46.9 Å². The van der Waals surface area contributed by atoms with E-state index in [1.165, 1.54) is 16.7 Å². The van der Waals surface area contributed by atoms with E-state index < -0.39 is 18.1 Å². The van der Waals surface area contributed by atoms with E-state index in [9.17, 15) is 14.7 Å². The third-order valence-corrected chi connectivity index (χ3v) is 5.72. The van der Waals surface area contributed by atoms with Gasteiger partial charge in [-0.2, -0.15) is 4.68 Å². The van der Waals surface area contributed by atoms with E-state index in [2.05, 4.69) is 5.10 Å². The van der Waals surface area contributed by atoms with Crippen LogP contribution in [0.1, 0.15) is 38.2 Å². The first kappa shape index (κ1) is 21.7. The third-order valence-electron chi connectivity index (χ3n) is 5.72. The molecule has 0 spiro atoms. The summed E-state index contributed by atoms with van der Waals surface area (Å²) in [5, 5.41) is 13.8. The SMILES string of the molecule is CCn1c(CO)nn(-c2cc3c(cc2F)c(=O)c(-c2ccccc2C)cn3C(C)C)c1=O. The van der Waals surface area contributed by atoms with Crippen molar-refractivity contribution in [1.29, 1.82) is 0 Å². The lowest BCUT2D eigenvalue weighted by atomic mass is 9.99. The van der Waals surface area contributed by atoms with Gasteiger partial charge in [0.05, 0.1) is 5.52 Å². The molecule has 8 heteroatoms. The van der Waals surface area contributed by atoms with Crippen molar-refractivity contribution in [2.75, 3.05) is 0 Å². The fourth-order valence-electron chi connectivity index (χ4n) is 4.04. The number of hydrogen-bond acceptors (Lipinski definition) is 4. The number of benzene rings is 2. The summed E-state index contributed by atoms with van der Waals surface area (Å²) in [6, 6.07) is 10.2. The highest BCUT2D eigenvalue weighted by atomic mass is 19.1. The molecule has 0 unspecified atom stereocenters. The number of pyridine rings is 1. The number of aliphatic hydroxyl groups excluding tert-OH is 1. The summed E-state index contributed by atoms with van der Waals surface area (Å²) in [6.07, 6.45) is 1.78. The normalized spacial score (nSPS) is 11.6. The number of aryl methyl sites for hydroxylation is 1. The monoisotopic (exact) mass is 436 g/mol. The smallest absolute Gasteiger partial charge is 0.350 e. The predicted octanol–water partition coefficient (Wildman–Crippen LogP) is 3.56. The molecule has 0 aliphatic rings. The molecule has 0 atom stereocenters. The summed E-state index contributed by atoms with van der Waals surface area (Å²) in [5.74, 6) is -0.590. The zero-order chi connectivity index (χ0) is 23.2. The van der Waals surface area contributed by atoms with Crippen molar-refractivity contribution in [3.8, 4) is 16.8 Å². The van der Waals surface area contributed by atoms with Crippen LogP contribution < -0.4 is 11.1 Å². The van der Waals surface area contributed by atoms with Crippen molar-refractivity contribution in [3.05, 3.63) is 80.5 Å². The van der Waals surface area contributed by atoms with Crippen LogP contribution in [0.5, 0.6) is 0 Å². The number of nitrogens with zero attached hydrogens (tertiary/aromatic N) is 4. The summed E-state index contributed by atoms with van der Waals surface area (Å²) < 4.78 is 19.4. The number of fused-ring (bicyclic) bond motifs is 1. The Balaban J connectivity index is 2.06. The lowest BCUT2D eigenvalue weighted by Gasteiger charge is -2.18. The molecule has 7 nitrogen and oxygen atoms in total. The highest BCUT2D eigenvalue weighted by molar-refractivity contribution is 5.86. The van der Waals surface area contributed by atoms with Gasteiger partial charge in [-0.1, -0.05) is 24.3 Å². The Morgan fingerprint density at radius 1 is 1.12 bits per heavy atom. The highest BCUT2D eigenvalue weighted by Crippen LogP contribution is 2.27. The molecule has 0 bridgehead atoms. The molecular weight excluding hydrogens is 411 g/mol. The molecule has 0 aliphatic heterocycles. The van der Waals surface area contributed by atoms with E-state index in [0.717, 1.165) is 15.8 Å². The van der Waals surface area contributed by atoms with E-state index in [1.807, 2.05) is 49.6 Å². The molecule has 0 amide bonds. The van der Waals surface area contributed by atoms with Crippen molar-refractivity contribution in [1.82, 2.24) is 18.9 Å². The summed E-state index contributed by atoms with van der Waals surface area (Å²) in [6.45, 7) is 7.46. The fourth-order valence-corrected chi connectivity index (χ4v) is 4.04. The summed E-state index contributed by atoms with van der Waals surface area (Å²) >= 11 is 0. The maximum absolute atomic E-state index is 15.2. The van der Waals surface area contributed by atoms with Gasteiger partial charge < -0.3 is 9.67 Å². The molecule has 0 radical (unpaired) electrons. The Hall–Kier alpha value is -3.52. The second-order valence-corrected chi connectivity index (χ2v) is 8.02. The Kier molecular flexibility index (Phi) is 5.56. The molecule has 1 N–H and O–H groups in total. The first-order valence-corrected chi connectivity index (χ1v) is 10.5. The van der Waals surface area contributed by atoms with Crippen molar-refractivity contribution in [2.24, 2.45) is 0 Å². The minimum Gasteiger partial charge on any atom is -0.388 e. The van der Waals surface area contributed by atoms with Crippen LogP contribution in [0.4, 0.5) is 4.39 Å². The van der Waals surface area contributed by atoms with E-state index in [-0.39, 0.29) is 28.4 Å². The van der Waals surface area contributed by atoms with Gasteiger partial charge in [-0.3, -0.25) is 9.36 Å². The summed E-state index contributed by atoms with van der Waals surface area (Å²) in [7, 11) is 0. The van der Waals surface area contributed by atoms with E-state index in [1.54, 1.807) is 13.1 Å². The average Bonchev–Trinajstić information content (AvgIpc) is 3.09. The van der Waals surface area contributed by atoms with Gasteiger partial charge in [0.15, 0.2) is 11.3 Å². The molecule has 166 valence electrons. The Labute approximate surface area is 184 Å². The Morgan fingerprint density at radius 2 is 1.84 bits per heavy atom. The molecule has 4 aromatic rings. The molecule has 0 saturated carbocycles. The lowest BCUT2D eigenvalue weighted by Crippen LogP contribution is -2.25. The number of aromatic nitrogens is 4. The fraction of sp³-hybridized carbons (Fsp3) is 0.292. The second kappa shape index (κ2) is 8.20. The average molecular weight is 436 g/mol. The molecule has 2 aromatic carbocycles. The quantitative estimate of drug-likeness (QED) is 0.519. The number of aliphatic hydroxyl groups is 1. The van der Waals surface area contributed by atoms with Gasteiger partial charge in [0.25, 0.3) is 0 Å². The Bertz CT molecular complexity index is 1450. The predicted molar refractivity (Wildman–Crippen MR) is 122 cm³/mol. The standard InChI is InChI=1S/C24H25FN4O3/c1-5-27-22(13-30)26-29(24(27)32)21-11-20-17(10-19(21)25)23(31)18(12-28(20)14(2)3)16-9-7-6-8-15(16)4/h6-12,14,30H,5,13H2,1-4H3. The molecule has 0 aliphatic carbocycles. The lowest BCUT2D eigenvalue weighted by molar-refractivity contribution is 0.264. The second-order valence-electron chi connectivity index (χ2n) is 8.02. The molecule has 2 aromatic heterocycles. The zero-order valence-electron chi connectivity index (χ0n) is 18.5. The van der Waals surface area contributed by atoms with Gasteiger partial charge in [-0.15, -0.1) is 5.10 Å². The molecule has 0 saturated heterocycles. The first-order valence-electron chi connectivity index (χ1n) is 10.5. The summed E-state index contributed by atoms with van der Waals surface area (Å²) in [4.78, 5) is 26.1. The molecule has 4 rings (SSSR count). The molecule has 2 heterocycles. The van der Waals surface area contributed by atoms with Gasteiger partial charge >= 0.3 is 5.69 Å². The van der Waals surface area contributed by atoms with Crippen LogP contribution in [0, 0.1) is 12.7 Å². The van der Waals surface area contributed by atoms with Gasteiger partial charge in [0, 0.05) is 29.7 Å². The zero-order valence-corrected chi connectivity index (χ0v) is 18.5. The van der Waals surface area contributed by atoms with Crippen LogP contribution >= 0.6 is 0 Å². The van der Waals surface area contributed by atoms with E-state index in [4.69, 9.17) is 0 Å². The highest BCUT2D eigenvalue weighted by Gasteiger charge is 2.20. The largest absolute Gasteiger partial charge is 0.388 e. The molecule has 32 heavy (non-hydrogen) atoms. The third kappa shape index (κ3) is 3.36. The molecule has 0 fully saturated rings. The van der Waals surface area contributed by atoms with Gasteiger partial charge in [0.1, 0.15) is 18.1 Å².